The monoisotopic (exact) mass is 317 g/mol. The summed E-state index contributed by atoms with van der Waals surface area (Å²) in [7, 11) is 0. The SMILES string of the molecule is CCOC(=O)N1CCN(C(=O)c2ccc3oc(C)nc3c2)CC1. The van der Waals surface area contributed by atoms with Crippen LogP contribution in [0.3, 0.4) is 0 Å². The van der Waals surface area contributed by atoms with Gasteiger partial charge in [-0.05, 0) is 25.1 Å². The van der Waals surface area contributed by atoms with Crippen molar-refractivity contribution in [1.82, 2.24) is 14.8 Å². The van der Waals surface area contributed by atoms with E-state index in [-0.39, 0.29) is 12.0 Å². The van der Waals surface area contributed by atoms with Gasteiger partial charge in [0.15, 0.2) is 11.5 Å². The minimum absolute atomic E-state index is 0.0592. The summed E-state index contributed by atoms with van der Waals surface area (Å²) >= 11 is 0. The molecule has 0 saturated carbocycles. The summed E-state index contributed by atoms with van der Waals surface area (Å²) < 4.78 is 10.4. The number of aromatic nitrogens is 1. The van der Waals surface area contributed by atoms with Gasteiger partial charge in [-0.25, -0.2) is 9.78 Å². The van der Waals surface area contributed by atoms with Gasteiger partial charge in [-0.3, -0.25) is 4.79 Å². The van der Waals surface area contributed by atoms with Crippen LogP contribution in [-0.4, -0.2) is 59.6 Å². The maximum Gasteiger partial charge on any atom is 0.409 e. The van der Waals surface area contributed by atoms with Crippen LogP contribution >= 0.6 is 0 Å². The molecule has 1 saturated heterocycles. The Labute approximate surface area is 133 Å². The maximum absolute atomic E-state index is 12.6. The molecule has 7 nitrogen and oxygen atoms in total. The van der Waals surface area contributed by atoms with Gasteiger partial charge in [0.2, 0.25) is 0 Å². The second kappa shape index (κ2) is 6.28. The molecular weight excluding hydrogens is 298 g/mol. The van der Waals surface area contributed by atoms with Gasteiger partial charge in [0, 0.05) is 38.7 Å². The van der Waals surface area contributed by atoms with Crippen molar-refractivity contribution in [2.24, 2.45) is 0 Å². The molecule has 0 atom stereocenters. The summed E-state index contributed by atoms with van der Waals surface area (Å²) in [6.45, 7) is 5.86. The number of aryl methyl sites for hydroxylation is 1. The van der Waals surface area contributed by atoms with Gasteiger partial charge >= 0.3 is 6.09 Å². The molecule has 1 aliphatic heterocycles. The predicted octanol–water partition coefficient (Wildman–Crippen LogP) is 2.05. The highest BCUT2D eigenvalue weighted by molar-refractivity contribution is 5.97. The van der Waals surface area contributed by atoms with Gasteiger partial charge in [0.05, 0.1) is 6.61 Å². The molecule has 0 unspecified atom stereocenters. The Morgan fingerprint density at radius 2 is 1.91 bits per heavy atom. The third kappa shape index (κ3) is 3.13. The van der Waals surface area contributed by atoms with Gasteiger partial charge in [-0.1, -0.05) is 0 Å². The minimum Gasteiger partial charge on any atom is -0.450 e. The Hall–Kier alpha value is -2.57. The molecule has 3 rings (SSSR count). The number of piperazine rings is 1. The maximum atomic E-state index is 12.6. The van der Waals surface area contributed by atoms with E-state index in [1.165, 1.54) is 0 Å². The molecule has 0 radical (unpaired) electrons. The molecule has 2 aromatic rings. The summed E-state index contributed by atoms with van der Waals surface area (Å²) in [5.74, 6) is 0.517. The quantitative estimate of drug-likeness (QED) is 0.847. The Kier molecular flexibility index (Phi) is 4.18. The van der Waals surface area contributed by atoms with Crippen molar-refractivity contribution < 1.29 is 18.7 Å². The van der Waals surface area contributed by atoms with Crippen LogP contribution in [0.4, 0.5) is 4.79 Å². The normalized spacial score (nSPS) is 15.0. The zero-order valence-electron chi connectivity index (χ0n) is 13.2. The van der Waals surface area contributed by atoms with Crippen LogP contribution in [0.5, 0.6) is 0 Å². The van der Waals surface area contributed by atoms with Crippen molar-refractivity contribution in [3.8, 4) is 0 Å². The van der Waals surface area contributed by atoms with Crippen LogP contribution in [0.2, 0.25) is 0 Å². The first-order valence-electron chi connectivity index (χ1n) is 7.66. The summed E-state index contributed by atoms with van der Waals surface area (Å²) in [5.41, 5.74) is 1.93. The number of amides is 2. The van der Waals surface area contributed by atoms with E-state index in [1.54, 1.807) is 41.8 Å². The van der Waals surface area contributed by atoms with E-state index in [4.69, 9.17) is 9.15 Å². The number of ether oxygens (including phenoxy) is 1. The summed E-state index contributed by atoms with van der Waals surface area (Å²) in [6, 6.07) is 5.25. The van der Waals surface area contributed by atoms with Gasteiger partial charge in [0.25, 0.3) is 5.91 Å². The third-order valence-electron chi connectivity index (χ3n) is 3.83. The van der Waals surface area contributed by atoms with E-state index < -0.39 is 0 Å². The topological polar surface area (TPSA) is 75.9 Å². The number of hydrogen-bond donors (Lipinski definition) is 0. The lowest BCUT2D eigenvalue weighted by Gasteiger charge is -2.34. The minimum atomic E-state index is -0.320. The van der Waals surface area contributed by atoms with E-state index in [0.29, 0.717) is 55.3 Å². The van der Waals surface area contributed by atoms with Crippen LogP contribution in [-0.2, 0) is 4.74 Å². The average molecular weight is 317 g/mol. The van der Waals surface area contributed by atoms with E-state index in [0.717, 1.165) is 0 Å². The van der Waals surface area contributed by atoms with E-state index in [2.05, 4.69) is 4.98 Å². The molecule has 1 aromatic heterocycles. The first-order valence-corrected chi connectivity index (χ1v) is 7.66. The predicted molar refractivity (Wildman–Crippen MR) is 83.2 cm³/mol. The lowest BCUT2D eigenvalue weighted by Crippen LogP contribution is -2.50. The first-order chi connectivity index (χ1) is 11.1. The van der Waals surface area contributed by atoms with Crippen molar-refractivity contribution in [2.45, 2.75) is 13.8 Å². The lowest BCUT2D eigenvalue weighted by atomic mass is 10.1. The molecule has 0 bridgehead atoms. The largest absolute Gasteiger partial charge is 0.450 e. The molecule has 2 amide bonds. The fraction of sp³-hybridized carbons (Fsp3) is 0.438. The highest BCUT2D eigenvalue weighted by atomic mass is 16.6. The zero-order valence-corrected chi connectivity index (χ0v) is 13.2. The Bertz CT molecular complexity index is 732. The second-order valence-corrected chi connectivity index (χ2v) is 5.39. The smallest absolute Gasteiger partial charge is 0.409 e. The fourth-order valence-electron chi connectivity index (χ4n) is 2.67. The van der Waals surface area contributed by atoms with Crippen molar-refractivity contribution in [1.29, 1.82) is 0 Å². The van der Waals surface area contributed by atoms with Gasteiger partial charge in [-0.15, -0.1) is 0 Å². The number of hydrogen-bond acceptors (Lipinski definition) is 5. The van der Waals surface area contributed by atoms with Gasteiger partial charge in [0.1, 0.15) is 5.52 Å². The van der Waals surface area contributed by atoms with Crippen molar-refractivity contribution in [3.05, 3.63) is 29.7 Å². The van der Waals surface area contributed by atoms with E-state index in [9.17, 15) is 9.59 Å². The van der Waals surface area contributed by atoms with Crippen LogP contribution in [0.1, 0.15) is 23.2 Å². The molecule has 2 heterocycles. The molecule has 1 aliphatic rings. The van der Waals surface area contributed by atoms with Crippen LogP contribution in [0.15, 0.2) is 22.6 Å². The number of nitrogens with zero attached hydrogens (tertiary/aromatic N) is 3. The molecule has 122 valence electrons. The molecular formula is C16H19N3O4. The molecule has 1 fully saturated rings. The zero-order chi connectivity index (χ0) is 16.4. The highest BCUT2D eigenvalue weighted by Gasteiger charge is 2.25. The van der Waals surface area contributed by atoms with E-state index in [1.807, 2.05) is 0 Å². The number of benzene rings is 1. The molecule has 23 heavy (non-hydrogen) atoms. The standard InChI is InChI=1S/C16H19N3O4/c1-3-22-16(21)19-8-6-18(7-9-19)15(20)12-4-5-14-13(10-12)17-11(2)23-14/h4-5,10H,3,6-9H2,1-2H3. The fourth-order valence-corrected chi connectivity index (χ4v) is 2.67. The highest BCUT2D eigenvalue weighted by Crippen LogP contribution is 2.18. The molecule has 7 heteroatoms. The number of fused-ring (bicyclic) bond motifs is 1. The first kappa shape index (κ1) is 15.3. The summed E-state index contributed by atoms with van der Waals surface area (Å²) in [6.07, 6.45) is -0.320. The number of oxazole rings is 1. The van der Waals surface area contributed by atoms with Crippen molar-refractivity contribution in [3.63, 3.8) is 0 Å². The number of carbonyl (C=O) groups is 2. The number of rotatable bonds is 2. The van der Waals surface area contributed by atoms with Crippen LogP contribution in [0.25, 0.3) is 11.1 Å². The second-order valence-electron chi connectivity index (χ2n) is 5.39. The van der Waals surface area contributed by atoms with E-state index >= 15 is 0 Å². The Morgan fingerprint density at radius 3 is 2.61 bits per heavy atom. The lowest BCUT2D eigenvalue weighted by molar-refractivity contribution is 0.0570. The average Bonchev–Trinajstić information content (AvgIpc) is 2.93. The summed E-state index contributed by atoms with van der Waals surface area (Å²) in [5, 5.41) is 0. The van der Waals surface area contributed by atoms with Crippen LogP contribution in [0, 0.1) is 6.92 Å². The Balaban J connectivity index is 1.67. The van der Waals surface area contributed by atoms with Gasteiger partial charge in [-0.2, -0.15) is 0 Å². The molecule has 0 N–H and O–H groups in total. The molecule has 0 spiro atoms. The van der Waals surface area contributed by atoms with Crippen molar-refractivity contribution >= 4 is 23.1 Å². The molecule has 1 aromatic carbocycles. The van der Waals surface area contributed by atoms with Crippen molar-refractivity contribution in [2.75, 3.05) is 32.8 Å². The van der Waals surface area contributed by atoms with Gasteiger partial charge < -0.3 is 19.0 Å². The number of carbonyl (C=O) groups excluding carboxylic acids is 2. The van der Waals surface area contributed by atoms with Crippen LogP contribution < -0.4 is 0 Å². The summed E-state index contributed by atoms with van der Waals surface area (Å²) in [4.78, 5) is 31.9. The molecule has 0 aliphatic carbocycles. The Morgan fingerprint density at radius 1 is 1.22 bits per heavy atom. The third-order valence-corrected chi connectivity index (χ3v) is 3.83.